The van der Waals surface area contributed by atoms with Gasteiger partial charge in [0.05, 0.1) is 5.56 Å². The Morgan fingerprint density at radius 1 is 1.44 bits per heavy atom. The highest BCUT2D eigenvalue weighted by Gasteiger charge is 2.35. The van der Waals surface area contributed by atoms with E-state index in [0.717, 1.165) is 6.07 Å². The van der Waals surface area contributed by atoms with Crippen molar-refractivity contribution < 1.29 is 19.1 Å². The summed E-state index contributed by atoms with van der Waals surface area (Å²) >= 11 is 5.71. The van der Waals surface area contributed by atoms with Crippen LogP contribution in [-0.4, -0.2) is 34.5 Å². The summed E-state index contributed by atoms with van der Waals surface area (Å²) in [6.07, 6.45) is 0.994. The summed E-state index contributed by atoms with van der Waals surface area (Å²) in [5, 5.41) is 9.23. The molecular formula is C12H11ClFNO3. The second-order valence-corrected chi connectivity index (χ2v) is 4.56. The number of carboxylic acids is 1. The van der Waals surface area contributed by atoms with Gasteiger partial charge in [0.25, 0.3) is 5.91 Å². The number of carboxylic acid groups (broad SMARTS) is 1. The molecule has 1 saturated heterocycles. The number of benzene rings is 1. The first-order valence-electron chi connectivity index (χ1n) is 5.49. The van der Waals surface area contributed by atoms with Gasteiger partial charge in [0.1, 0.15) is 11.9 Å². The van der Waals surface area contributed by atoms with Crippen LogP contribution in [0.25, 0.3) is 0 Å². The van der Waals surface area contributed by atoms with E-state index in [0.29, 0.717) is 19.4 Å². The van der Waals surface area contributed by atoms with Crippen molar-refractivity contribution in [3.63, 3.8) is 0 Å². The van der Waals surface area contributed by atoms with Gasteiger partial charge in [-0.3, -0.25) is 4.79 Å². The molecule has 0 bridgehead atoms. The normalized spacial score (nSPS) is 19.0. The van der Waals surface area contributed by atoms with Gasteiger partial charge in [-0.05, 0) is 31.0 Å². The number of nitrogens with zero attached hydrogens (tertiary/aromatic N) is 1. The first-order valence-corrected chi connectivity index (χ1v) is 5.87. The Hall–Kier alpha value is -1.62. The molecule has 1 heterocycles. The topological polar surface area (TPSA) is 57.6 Å². The summed E-state index contributed by atoms with van der Waals surface area (Å²) in [6, 6.07) is 2.78. The molecule has 0 aliphatic carbocycles. The van der Waals surface area contributed by atoms with Crippen LogP contribution in [0.15, 0.2) is 18.2 Å². The van der Waals surface area contributed by atoms with Crippen LogP contribution in [-0.2, 0) is 4.79 Å². The summed E-state index contributed by atoms with van der Waals surface area (Å²) in [5.74, 6) is -2.39. The van der Waals surface area contributed by atoms with Crippen LogP contribution in [0.2, 0.25) is 5.02 Å². The lowest BCUT2D eigenvalue weighted by Gasteiger charge is -2.21. The maximum absolute atomic E-state index is 13.5. The van der Waals surface area contributed by atoms with E-state index in [2.05, 4.69) is 0 Å². The lowest BCUT2D eigenvalue weighted by Crippen LogP contribution is -2.40. The number of rotatable bonds is 2. The largest absolute Gasteiger partial charge is 0.480 e. The molecule has 0 saturated carbocycles. The van der Waals surface area contributed by atoms with Gasteiger partial charge in [-0.15, -0.1) is 0 Å². The van der Waals surface area contributed by atoms with Crippen LogP contribution >= 0.6 is 11.6 Å². The molecule has 1 amide bonds. The van der Waals surface area contributed by atoms with Crippen LogP contribution in [0.3, 0.4) is 0 Å². The molecule has 6 heteroatoms. The van der Waals surface area contributed by atoms with Gasteiger partial charge in [-0.25, -0.2) is 9.18 Å². The fraction of sp³-hybridized carbons (Fsp3) is 0.333. The lowest BCUT2D eigenvalue weighted by atomic mass is 10.1. The van der Waals surface area contributed by atoms with Crippen molar-refractivity contribution in [2.75, 3.05) is 6.54 Å². The number of carbonyl (C=O) groups excluding carboxylic acids is 1. The average Bonchev–Trinajstić information content (AvgIpc) is 2.80. The highest BCUT2D eigenvalue weighted by Crippen LogP contribution is 2.23. The molecule has 1 N–H and O–H groups in total. The summed E-state index contributed by atoms with van der Waals surface area (Å²) in [6.45, 7) is 0.321. The molecule has 0 spiro atoms. The van der Waals surface area contributed by atoms with Crippen molar-refractivity contribution in [1.29, 1.82) is 0 Å². The Morgan fingerprint density at radius 2 is 2.17 bits per heavy atom. The van der Waals surface area contributed by atoms with Crippen LogP contribution < -0.4 is 0 Å². The van der Waals surface area contributed by atoms with Crippen molar-refractivity contribution >= 4 is 23.5 Å². The van der Waals surface area contributed by atoms with E-state index in [9.17, 15) is 14.0 Å². The molecule has 96 valence electrons. The molecule has 18 heavy (non-hydrogen) atoms. The number of amides is 1. The molecule has 0 aromatic heterocycles. The first kappa shape index (κ1) is 12.8. The predicted molar refractivity (Wildman–Crippen MR) is 63.1 cm³/mol. The van der Waals surface area contributed by atoms with Crippen LogP contribution in [0.1, 0.15) is 23.2 Å². The van der Waals surface area contributed by atoms with Gasteiger partial charge in [0.15, 0.2) is 0 Å². The minimum Gasteiger partial charge on any atom is -0.480 e. The maximum Gasteiger partial charge on any atom is 0.326 e. The van der Waals surface area contributed by atoms with Crippen molar-refractivity contribution in [3.05, 3.63) is 34.6 Å². The van der Waals surface area contributed by atoms with Crippen LogP contribution in [0.5, 0.6) is 0 Å². The summed E-state index contributed by atoms with van der Waals surface area (Å²) in [7, 11) is 0. The Morgan fingerprint density at radius 3 is 2.83 bits per heavy atom. The summed E-state index contributed by atoms with van der Waals surface area (Å²) in [5.41, 5.74) is -0.185. The number of hydrogen-bond donors (Lipinski definition) is 1. The summed E-state index contributed by atoms with van der Waals surface area (Å²) in [4.78, 5) is 24.3. The van der Waals surface area contributed by atoms with E-state index in [4.69, 9.17) is 16.7 Å². The number of likely N-dealkylation sites (tertiary alicyclic amines) is 1. The number of carbonyl (C=O) groups is 2. The quantitative estimate of drug-likeness (QED) is 0.897. The van der Waals surface area contributed by atoms with E-state index in [1.807, 2.05) is 0 Å². The van der Waals surface area contributed by atoms with Crippen molar-refractivity contribution in [2.24, 2.45) is 0 Å². The Balaban J connectivity index is 2.31. The van der Waals surface area contributed by atoms with Gasteiger partial charge in [0.2, 0.25) is 0 Å². The average molecular weight is 272 g/mol. The van der Waals surface area contributed by atoms with Gasteiger partial charge >= 0.3 is 5.97 Å². The predicted octanol–water partition coefficient (Wildman–Crippen LogP) is 2.17. The smallest absolute Gasteiger partial charge is 0.326 e. The third-order valence-corrected chi connectivity index (χ3v) is 3.19. The van der Waals surface area contributed by atoms with Gasteiger partial charge in [-0.1, -0.05) is 11.6 Å². The van der Waals surface area contributed by atoms with E-state index in [-0.39, 0.29) is 10.6 Å². The molecule has 1 aromatic carbocycles. The van der Waals surface area contributed by atoms with Crippen molar-refractivity contribution in [3.8, 4) is 0 Å². The second-order valence-electron chi connectivity index (χ2n) is 4.12. The minimum absolute atomic E-state index is 0.185. The zero-order chi connectivity index (χ0) is 13.3. The molecule has 4 nitrogen and oxygen atoms in total. The second kappa shape index (κ2) is 4.94. The van der Waals surface area contributed by atoms with E-state index < -0.39 is 23.7 Å². The number of hydrogen-bond acceptors (Lipinski definition) is 2. The first-order chi connectivity index (χ1) is 8.50. The maximum atomic E-state index is 13.5. The van der Waals surface area contributed by atoms with Gasteiger partial charge in [0, 0.05) is 11.6 Å². The number of halogens is 2. The molecule has 1 aliphatic heterocycles. The third kappa shape index (κ3) is 2.31. The molecule has 1 atom stereocenters. The van der Waals surface area contributed by atoms with Crippen molar-refractivity contribution in [1.82, 2.24) is 4.90 Å². The standard InChI is InChI=1S/C12H11ClFNO3/c13-7-3-4-9(14)8(6-7)11(16)15-5-1-2-10(15)12(17)18/h3-4,6,10H,1-2,5H2,(H,17,18)/t10-/m1/s1. The molecule has 1 fully saturated rings. The van der Waals surface area contributed by atoms with Crippen LogP contribution in [0.4, 0.5) is 4.39 Å². The van der Waals surface area contributed by atoms with E-state index >= 15 is 0 Å². The van der Waals surface area contributed by atoms with Crippen molar-refractivity contribution in [2.45, 2.75) is 18.9 Å². The highest BCUT2D eigenvalue weighted by molar-refractivity contribution is 6.31. The lowest BCUT2D eigenvalue weighted by molar-refractivity contribution is -0.141. The SMILES string of the molecule is O=C(O)[C@H]1CCCN1C(=O)c1cc(Cl)ccc1F. The zero-order valence-electron chi connectivity index (χ0n) is 9.40. The zero-order valence-corrected chi connectivity index (χ0v) is 10.2. The fourth-order valence-corrected chi connectivity index (χ4v) is 2.25. The number of aliphatic carboxylic acids is 1. The molecular weight excluding hydrogens is 261 g/mol. The molecule has 1 aromatic rings. The molecule has 2 rings (SSSR count). The Bertz CT molecular complexity index is 506. The Labute approximate surface area is 108 Å². The summed E-state index contributed by atoms with van der Waals surface area (Å²) < 4.78 is 13.5. The third-order valence-electron chi connectivity index (χ3n) is 2.96. The highest BCUT2D eigenvalue weighted by atomic mass is 35.5. The van der Waals surface area contributed by atoms with Gasteiger partial charge in [-0.2, -0.15) is 0 Å². The van der Waals surface area contributed by atoms with Gasteiger partial charge < -0.3 is 10.0 Å². The molecule has 1 aliphatic rings. The molecule has 0 radical (unpaired) electrons. The van der Waals surface area contributed by atoms with E-state index in [1.165, 1.54) is 17.0 Å². The monoisotopic (exact) mass is 271 g/mol. The molecule has 0 unspecified atom stereocenters. The van der Waals surface area contributed by atoms with Crippen LogP contribution in [0, 0.1) is 5.82 Å². The minimum atomic E-state index is -1.07. The fourth-order valence-electron chi connectivity index (χ4n) is 2.08. The Kier molecular flexibility index (Phi) is 3.52. The van der Waals surface area contributed by atoms with E-state index in [1.54, 1.807) is 0 Å².